The summed E-state index contributed by atoms with van der Waals surface area (Å²) in [6, 6.07) is 5.05. The van der Waals surface area contributed by atoms with Gasteiger partial charge in [-0.2, -0.15) is 5.26 Å². The van der Waals surface area contributed by atoms with Crippen molar-refractivity contribution < 1.29 is 39.2 Å². The van der Waals surface area contributed by atoms with E-state index in [2.05, 4.69) is 15.0 Å². The van der Waals surface area contributed by atoms with E-state index in [1.807, 2.05) is 0 Å². The number of esters is 2. The van der Waals surface area contributed by atoms with E-state index in [-0.39, 0.29) is 59.8 Å². The number of benzene rings is 1. The molecule has 1 aromatic carbocycles. The molecule has 0 radical (unpaired) electrons. The average molecular weight is 472 g/mol. The molecule has 0 aliphatic heterocycles. The number of pyridine rings is 1. The van der Waals surface area contributed by atoms with Crippen molar-refractivity contribution >= 4 is 29.3 Å². The lowest BCUT2D eigenvalue weighted by Crippen LogP contribution is -2.24. The van der Waals surface area contributed by atoms with Crippen molar-refractivity contribution in [3.05, 3.63) is 45.2 Å². The van der Waals surface area contributed by atoms with Gasteiger partial charge in [-0.1, -0.05) is 0 Å². The first-order valence-electron chi connectivity index (χ1n) is 9.67. The predicted molar refractivity (Wildman–Crippen MR) is 113 cm³/mol. The standard InChI is InChI=1S/C21H20N4O9/c1-11-14(10-22)19(29)25(7-8-34-17(28)6-5-16(27)33-2)20(30)18(11)24-23-15-4-3-12(26)9-13(15)21(31)32/h3-4,9,26,29H,5-8H2,1-2H3,(H,31,32). The Balaban J connectivity index is 2.35. The zero-order chi connectivity index (χ0) is 25.4. The molecule has 34 heavy (non-hydrogen) atoms. The van der Waals surface area contributed by atoms with E-state index >= 15 is 0 Å². The quantitative estimate of drug-likeness (QED) is 0.358. The number of phenolic OH excluding ortho intramolecular Hbond substituents is 1. The molecule has 0 atom stereocenters. The Morgan fingerprint density at radius 2 is 1.82 bits per heavy atom. The summed E-state index contributed by atoms with van der Waals surface area (Å²) in [6.07, 6.45) is -0.438. The fraction of sp³-hybridized carbons (Fsp3) is 0.286. The van der Waals surface area contributed by atoms with Gasteiger partial charge in [-0.15, -0.1) is 10.2 Å². The van der Waals surface area contributed by atoms with Crippen LogP contribution >= 0.6 is 0 Å². The first-order valence-corrected chi connectivity index (χ1v) is 9.67. The second-order valence-corrected chi connectivity index (χ2v) is 6.74. The molecule has 0 bridgehead atoms. The van der Waals surface area contributed by atoms with Crippen LogP contribution < -0.4 is 5.56 Å². The van der Waals surface area contributed by atoms with Crippen molar-refractivity contribution in [1.82, 2.24) is 4.57 Å². The van der Waals surface area contributed by atoms with Gasteiger partial charge in [0.2, 0.25) is 5.88 Å². The highest BCUT2D eigenvalue weighted by atomic mass is 16.5. The number of phenols is 1. The molecule has 0 unspecified atom stereocenters. The molecule has 3 N–H and O–H groups in total. The largest absolute Gasteiger partial charge is 0.508 e. The Morgan fingerprint density at radius 1 is 1.15 bits per heavy atom. The van der Waals surface area contributed by atoms with Gasteiger partial charge in [0.25, 0.3) is 5.56 Å². The lowest BCUT2D eigenvalue weighted by Gasteiger charge is -2.13. The van der Waals surface area contributed by atoms with Crippen molar-refractivity contribution in [2.24, 2.45) is 10.2 Å². The molecule has 0 saturated carbocycles. The number of hydrogen-bond acceptors (Lipinski definition) is 11. The highest BCUT2D eigenvalue weighted by Crippen LogP contribution is 2.29. The van der Waals surface area contributed by atoms with Crippen LogP contribution in [0.25, 0.3) is 0 Å². The number of nitriles is 1. The van der Waals surface area contributed by atoms with Gasteiger partial charge >= 0.3 is 17.9 Å². The number of aromatic carboxylic acids is 1. The molecule has 1 aromatic heterocycles. The third kappa shape index (κ3) is 5.94. The maximum Gasteiger partial charge on any atom is 0.338 e. The summed E-state index contributed by atoms with van der Waals surface area (Å²) in [5.74, 6) is -3.72. The molecular weight excluding hydrogens is 452 g/mol. The number of carboxylic acids is 1. The lowest BCUT2D eigenvalue weighted by atomic mass is 10.1. The Hall–Kier alpha value is -4.73. The SMILES string of the molecule is COC(=O)CCC(=O)OCCn1c(O)c(C#N)c(C)c(N=Nc2ccc(O)cc2C(=O)O)c1=O. The molecule has 1 heterocycles. The van der Waals surface area contributed by atoms with E-state index in [4.69, 9.17) is 4.74 Å². The van der Waals surface area contributed by atoms with Crippen LogP contribution in [0, 0.1) is 18.3 Å². The van der Waals surface area contributed by atoms with Gasteiger partial charge in [0.05, 0.1) is 32.1 Å². The maximum absolute atomic E-state index is 12.9. The third-order valence-electron chi connectivity index (χ3n) is 4.58. The average Bonchev–Trinajstić information content (AvgIpc) is 2.80. The van der Waals surface area contributed by atoms with Gasteiger partial charge in [-0.05, 0) is 25.1 Å². The molecule has 2 rings (SSSR count). The number of methoxy groups -OCH3 is 1. The molecule has 0 aliphatic rings. The van der Waals surface area contributed by atoms with E-state index in [0.29, 0.717) is 0 Å². The number of carboxylic acid groups (broad SMARTS) is 1. The summed E-state index contributed by atoms with van der Waals surface area (Å²) >= 11 is 0. The smallest absolute Gasteiger partial charge is 0.338 e. The van der Waals surface area contributed by atoms with Crippen LogP contribution in [0.5, 0.6) is 11.6 Å². The van der Waals surface area contributed by atoms with Crippen molar-refractivity contribution in [1.29, 1.82) is 5.26 Å². The fourth-order valence-electron chi connectivity index (χ4n) is 2.78. The molecule has 178 valence electrons. The van der Waals surface area contributed by atoms with Crippen LogP contribution in [0.3, 0.4) is 0 Å². The van der Waals surface area contributed by atoms with Crippen molar-refractivity contribution in [3.63, 3.8) is 0 Å². The number of hydrogen-bond donors (Lipinski definition) is 3. The second-order valence-electron chi connectivity index (χ2n) is 6.74. The summed E-state index contributed by atoms with van der Waals surface area (Å²) in [7, 11) is 1.17. The van der Waals surface area contributed by atoms with Crippen molar-refractivity contribution in [3.8, 4) is 17.7 Å². The Labute approximate surface area is 192 Å². The van der Waals surface area contributed by atoms with Crippen LogP contribution in [0.1, 0.15) is 34.3 Å². The highest BCUT2D eigenvalue weighted by Gasteiger charge is 2.20. The molecule has 0 fully saturated rings. The molecule has 0 saturated heterocycles. The van der Waals surface area contributed by atoms with Gasteiger partial charge < -0.3 is 24.8 Å². The van der Waals surface area contributed by atoms with Crippen LogP contribution in [-0.2, 0) is 25.6 Å². The lowest BCUT2D eigenvalue weighted by molar-refractivity contribution is -0.149. The predicted octanol–water partition coefficient (Wildman–Crippen LogP) is 2.05. The number of ether oxygens (including phenoxy) is 2. The zero-order valence-corrected chi connectivity index (χ0v) is 18.1. The molecule has 13 nitrogen and oxygen atoms in total. The fourth-order valence-corrected chi connectivity index (χ4v) is 2.78. The number of rotatable bonds is 9. The number of azo groups is 1. The van der Waals surface area contributed by atoms with Gasteiger partial charge in [0, 0.05) is 5.56 Å². The molecule has 13 heteroatoms. The van der Waals surface area contributed by atoms with E-state index in [9.17, 15) is 39.8 Å². The minimum absolute atomic E-state index is 0.00396. The van der Waals surface area contributed by atoms with Gasteiger partial charge in [0.15, 0.2) is 5.69 Å². The van der Waals surface area contributed by atoms with Gasteiger partial charge in [-0.25, -0.2) is 4.79 Å². The zero-order valence-electron chi connectivity index (χ0n) is 18.1. The van der Waals surface area contributed by atoms with E-state index in [1.54, 1.807) is 6.07 Å². The minimum atomic E-state index is -1.39. The Morgan fingerprint density at radius 3 is 2.44 bits per heavy atom. The summed E-state index contributed by atoms with van der Waals surface area (Å²) in [6.45, 7) is 0.644. The van der Waals surface area contributed by atoms with Gasteiger partial charge in [-0.3, -0.25) is 19.0 Å². The van der Waals surface area contributed by atoms with E-state index < -0.39 is 29.3 Å². The molecule has 0 amide bonds. The van der Waals surface area contributed by atoms with E-state index in [1.165, 1.54) is 26.2 Å². The van der Waals surface area contributed by atoms with Crippen LogP contribution in [0.4, 0.5) is 11.4 Å². The number of nitrogens with zero attached hydrogens (tertiary/aromatic N) is 4. The number of aromatic hydroxyl groups is 2. The normalized spacial score (nSPS) is 10.6. The summed E-state index contributed by atoms with van der Waals surface area (Å²) in [4.78, 5) is 47.0. The van der Waals surface area contributed by atoms with Crippen LogP contribution in [0.2, 0.25) is 0 Å². The molecule has 0 aliphatic carbocycles. The Kier molecular flexibility index (Phi) is 8.43. The first-order chi connectivity index (χ1) is 16.1. The number of carbonyl (C=O) groups excluding carboxylic acids is 2. The highest BCUT2D eigenvalue weighted by molar-refractivity contribution is 5.93. The summed E-state index contributed by atoms with van der Waals surface area (Å²) in [5, 5.41) is 46.0. The number of carbonyl (C=O) groups is 3. The first kappa shape index (κ1) is 25.5. The van der Waals surface area contributed by atoms with Gasteiger partial charge in [0.1, 0.15) is 29.7 Å². The van der Waals surface area contributed by atoms with Crippen LogP contribution in [-0.4, -0.2) is 51.5 Å². The minimum Gasteiger partial charge on any atom is -0.508 e. The monoisotopic (exact) mass is 472 g/mol. The third-order valence-corrected chi connectivity index (χ3v) is 4.58. The molecular formula is C21H20N4O9. The summed E-state index contributed by atoms with van der Waals surface area (Å²) in [5.41, 5.74) is -2.05. The molecule has 0 spiro atoms. The van der Waals surface area contributed by atoms with Crippen LogP contribution in [0.15, 0.2) is 33.2 Å². The number of aromatic nitrogens is 1. The topological polar surface area (TPSA) is 201 Å². The maximum atomic E-state index is 12.9. The van der Waals surface area contributed by atoms with Crippen molar-refractivity contribution in [2.75, 3.05) is 13.7 Å². The second kappa shape index (κ2) is 11.2. The summed E-state index contributed by atoms with van der Waals surface area (Å²) < 4.78 is 10.1. The Bertz CT molecular complexity index is 1260. The van der Waals surface area contributed by atoms with Crippen molar-refractivity contribution in [2.45, 2.75) is 26.3 Å². The van der Waals surface area contributed by atoms with E-state index in [0.717, 1.165) is 10.6 Å². The molecule has 2 aromatic rings.